The first-order valence-electron chi connectivity index (χ1n) is 15.3. The molecule has 0 radical (unpaired) electrons. The smallest absolute Gasteiger partial charge is 0.416 e. The maximum absolute atomic E-state index is 14.3. The molecule has 1 fully saturated rings. The van der Waals surface area contributed by atoms with Gasteiger partial charge in [-0.2, -0.15) is 22.7 Å². The Morgan fingerprint density at radius 1 is 1.17 bits per heavy atom. The predicted octanol–water partition coefficient (Wildman–Crippen LogP) is 5.69. The molecule has 1 aliphatic carbocycles. The number of carbonyl (C=O) groups is 2. The number of hydrogen-bond acceptors (Lipinski definition) is 7. The number of likely N-dealkylation sites (tertiary alicyclic amines) is 1. The highest BCUT2D eigenvalue weighted by atomic mass is 35.5. The van der Waals surface area contributed by atoms with E-state index in [9.17, 15) is 27.6 Å². The van der Waals surface area contributed by atoms with Crippen LogP contribution in [0.2, 0.25) is 5.02 Å². The molecular formula is C32H34ClF3N6O5. The Hall–Kier alpha value is -4.17. The second-order valence-electron chi connectivity index (χ2n) is 12.9. The average Bonchev–Trinajstić information content (AvgIpc) is 3.46. The lowest BCUT2D eigenvalue weighted by molar-refractivity contribution is -0.137. The number of ether oxygens (including phenoxy) is 2. The van der Waals surface area contributed by atoms with E-state index in [0.717, 1.165) is 23.8 Å². The van der Waals surface area contributed by atoms with Crippen LogP contribution in [0.25, 0.3) is 17.4 Å². The summed E-state index contributed by atoms with van der Waals surface area (Å²) in [6.45, 7) is 6.64. The van der Waals surface area contributed by atoms with Crippen LogP contribution < -0.4 is 10.9 Å². The highest BCUT2D eigenvalue weighted by Gasteiger charge is 2.44. The highest BCUT2D eigenvalue weighted by Crippen LogP contribution is 2.43. The Kier molecular flexibility index (Phi) is 8.45. The van der Waals surface area contributed by atoms with Crippen LogP contribution >= 0.6 is 11.6 Å². The molecule has 0 atom stereocenters. The fraction of sp³-hybridized carbons (Fsp3) is 0.469. The molecule has 6 rings (SSSR count). The molecule has 3 aliphatic rings. The van der Waals surface area contributed by atoms with Gasteiger partial charge < -0.3 is 24.3 Å². The number of carbonyl (C=O) groups excluding carboxylic acids is 2. The van der Waals surface area contributed by atoms with E-state index in [1.165, 1.54) is 4.52 Å². The number of hydrogen-bond donors (Lipinski definition) is 1. The Balaban J connectivity index is 1.39. The van der Waals surface area contributed by atoms with Crippen LogP contribution in [0, 0.1) is 0 Å². The zero-order valence-corrected chi connectivity index (χ0v) is 26.9. The van der Waals surface area contributed by atoms with E-state index in [4.69, 9.17) is 21.1 Å². The standard InChI is InChI=1S/C32H34ClF3N6O5/c1-30(2,3)47-29(45)40-13-11-31(12-14-40)10-4-5-23-25(31)27(44)42-28(38-26(39-42)19-8-15-46-16-9-19)41(23)18-24(43)37-22-7-6-20(17-21(22)33)32(34,35)36/h4-8,17H,9-16,18H2,1-3H3,(H,37,43). The molecule has 47 heavy (non-hydrogen) atoms. The SMILES string of the molecule is CC(C)(C)OC(=O)N1CCC2(CC=Cc3c2c(=O)n2nc(C4=CCOCC4)nc2n3CC(=O)Nc2ccc(C(F)(F)F)cc2Cl)CC1. The zero-order valence-electron chi connectivity index (χ0n) is 26.1. The first-order valence-corrected chi connectivity index (χ1v) is 15.7. The number of fused-ring (bicyclic) bond motifs is 3. The first kappa shape index (κ1) is 32.8. The van der Waals surface area contributed by atoms with Crippen LogP contribution in [-0.4, -0.2) is 68.0 Å². The van der Waals surface area contributed by atoms with E-state index in [2.05, 4.69) is 15.4 Å². The van der Waals surface area contributed by atoms with E-state index in [1.54, 1.807) is 36.3 Å². The Morgan fingerprint density at radius 3 is 2.55 bits per heavy atom. The van der Waals surface area contributed by atoms with Crippen molar-refractivity contribution < 1.29 is 32.2 Å². The van der Waals surface area contributed by atoms with Crippen LogP contribution in [0.15, 0.2) is 35.1 Å². The molecule has 1 aromatic carbocycles. The summed E-state index contributed by atoms with van der Waals surface area (Å²) in [5.41, 5.74) is -0.842. The number of benzene rings is 1. The van der Waals surface area contributed by atoms with Crippen LogP contribution in [0.4, 0.5) is 23.7 Å². The van der Waals surface area contributed by atoms with Gasteiger partial charge in [0.2, 0.25) is 11.7 Å². The molecule has 3 aromatic rings. The van der Waals surface area contributed by atoms with Crippen LogP contribution in [0.5, 0.6) is 0 Å². The predicted molar refractivity (Wildman–Crippen MR) is 168 cm³/mol. The van der Waals surface area contributed by atoms with Gasteiger partial charge in [-0.05, 0) is 76.3 Å². The summed E-state index contributed by atoms with van der Waals surface area (Å²) in [6, 6.07) is 2.68. The van der Waals surface area contributed by atoms with Gasteiger partial charge in [-0.1, -0.05) is 23.8 Å². The average molecular weight is 675 g/mol. The molecule has 11 nitrogen and oxygen atoms in total. The summed E-state index contributed by atoms with van der Waals surface area (Å²) in [5, 5.41) is 6.91. The second kappa shape index (κ2) is 12.1. The summed E-state index contributed by atoms with van der Waals surface area (Å²) >= 11 is 6.12. The van der Waals surface area contributed by atoms with E-state index in [0.29, 0.717) is 69.1 Å². The number of halogens is 4. The monoisotopic (exact) mass is 674 g/mol. The van der Waals surface area contributed by atoms with Crippen molar-refractivity contribution in [3.05, 3.63) is 68.4 Å². The number of nitrogens with one attached hydrogen (secondary N) is 1. The number of amides is 2. The molecule has 250 valence electrons. The van der Waals surface area contributed by atoms with Gasteiger partial charge in [-0.15, -0.1) is 5.10 Å². The third-order valence-electron chi connectivity index (χ3n) is 8.59. The fourth-order valence-electron chi connectivity index (χ4n) is 6.29. The molecule has 1 N–H and O–H groups in total. The minimum Gasteiger partial charge on any atom is -0.444 e. The number of nitrogens with zero attached hydrogens (tertiary/aromatic N) is 5. The lowest BCUT2D eigenvalue weighted by atomic mass is 9.68. The number of alkyl halides is 3. The van der Waals surface area contributed by atoms with Crippen LogP contribution in [0.3, 0.4) is 0 Å². The van der Waals surface area contributed by atoms with Gasteiger partial charge in [0, 0.05) is 24.1 Å². The van der Waals surface area contributed by atoms with E-state index in [-0.39, 0.29) is 28.6 Å². The summed E-state index contributed by atoms with van der Waals surface area (Å²) < 4.78 is 53.3. The lowest BCUT2D eigenvalue weighted by Crippen LogP contribution is -2.50. The molecule has 2 aliphatic heterocycles. The summed E-state index contributed by atoms with van der Waals surface area (Å²) in [5.74, 6) is -0.120. The fourth-order valence-corrected chi connectivity index (χ4v) is 6.52. The van der Waals surface area contributed by atoms with E-state index >= 15 is 0 Å². The minimum atomic E-state index is -4.59. The number of piperidine rings is 1. The van der Waals surface area contributed by atoms with Crippen LogP contribution in [0.1, 0.15) is 69.1 Å². The van der Waals surface area contributed by atoms with Gasteiger partial charge in [0.05, 0.1) is 35.2 Å². The van der Waals surface area contributed by atoms with Crippen molar-refractivity contribution in [2.75, 3.05) is 31.6 Å². The second-order valence-corrected chi connectivity index (χ2v) is 13.4. The Morgan fingerprint density at radius 2 is 1.91 bits per heavy atom. The number of allylic oxidation sites excluding steroid dienone is 1. The molecular weight excluding hydrogens is 641 g/mol. The van der Waals surface area contributed by atoms with Gasteiger partial charge in [0.15, 0.2) is 5.82 Å². The highest BCUT2D eigenvalue weighted by molar-refractivity contribution is 6.33. The maximum atomic E-state index is 14.3. The van der Waals surface area contributed by atoms with Gasteiger partial charge in [-0.3, -0.25) is 9.59 Å². The zero-order chi connectivity index (χ0) is 33.7. The van der Waals surface area contributed by atoms with Gasteiger partial charge in [0.1, 0.15) is 12.1 Å². The Bertz CT molecular complexity index is 1870. The first-order chi connectivity index (χ1) is 22.1. The molecule has 0 bridgehead atoms. The van der Waals surface area contributed by atoms with Crippen LogP contribution in [-0.2, 0) is 32.4 Å². The molecule has 15 heteroatoms. The van der Waals surface area contributed by atoms with E-state index in [1.807, 2.05) is 12.2 Å². The summed E-state index contributed by atoms with van der Waals surface area (Å²) in [6.07, 6.45) is 2.59. The molecule has 1 spiro atoms. The van der Waals surface area contributed by atoms with Gasteiger partial charge in [0.25, 0.3) is 5.56 Å². The van der Waals surface area contributed by atoms with Crippen molar-refractivity contribution in [1.29, 1.82) is 0 Å². The molecule has 2 aromatic heterocycles. The van der Waals surface area contributed by atoms with E-state index < -0.39 is 34.8 Å². The maximum Gasteiger partial charge on any atom is 0.416 e. The molecule has 2 amide bonds. The van der Waals surface area contributed by atoms with Crippen molar-refractivity contribution in [3.63, 3.8) is 0 Å². The normalized spacial score (nSPS) is 17.9. The third-order valence-corrected chi connectivity index (χ3v) is 8.91. The minimum absolute atomic E-state index is 0.00615. The topological polar surface area (TPSA) is 120 Å². The molecule has 0 unspecified atom stereocenters. The molecule has 1 saturated heterocycles. The number of rotatable bonds is 4. The van der Waals surface area contributed by atoms with Crippen molar-refractivity contribution in [3.8, 4) is 0 Å². The number of aromatic nitrogens is 4. The largest absolute Gasteiger partial charge is 0.444 e. The van der Waals surface area contributed by atoms with Crippen molar-refractivity contribution in [1.82, 2.24) is 24.1 Å². The quantitative estimate of drug-likeness (QED) is 0.378. The lowest BCUT2D eigenvalue weighted by Gasteiger charge is -2.43. The molecule has 0 saturated carbocycles. The van der Waals surface area contributed by atoms with Crippen molar-refractivity contribution in [2.45, 2.75) is 70.2 Å². The van der Waals surface area contributed by atoms with Crippen molar-refractivity contribution in [2.24, 2.45) is 0 Å². The summed E-state index contributed by atoms with van der Waals surface area (Å²) in [7, 11) is 0. The third kappa shape index (κ3) is 6.53. The van der Waals surface area contributed by atoms with Gasteiger partial charge >= 0.3 is 12.3 Å². The Labute approximate surface area is 273 Å². The molecule has 4 heterocycles. The van der Waals surface area contributed by atoms with Gasteiger partial charge in [-0.25, -0.2) is 4.79 Å². The number of anilines is 1. The van der Waals surface area contributed by atoms with Crippen molar-refractivity contribution >= 4 is 46.7 Å². The summed E-state index contributed by atoms with van der Waals surface area (Å²) in [4.78, 5) is 46.9.